The van der Waals surface area contributed by atoms with Crippen LogP contribution >= 0.6 is 0 Å². The summed E-state index contributed by atoms with van der Waals surface area (Å²) in [4.78, 5) is 39.0. The fourth-order valence-corrected chi connectivity index (χ4v) is 5.33. The third kappa shape index (κ3) is 8.92. The van der Waals surface area contributed by atoms with Gasteiger partial charge in [-0.05, 0) is 49.7 Å². The number of ether oxygens (including phenoxy) is 3. The molecular formula is C34H46N6O5. The maximum atomic E-state index is 13.6. The number of benzene rings is 2. The number of methoxy groups -OCH3 is 1. The average molecular weight is 619 g/mol. The SMILES string of the molecule is CCCOC(=O)COc1cccc(CN(CCCn2c(CCOC)nc3c(N)nc4ccccc4c32)C(=O)CN(CC)CC)c1. The number of carbonyl (C=O) groups excluding carboxylic acids is 2. The van der Waals surface area contributed by atoms with E-state index in [2.05, 4.69) is 28.3 Å². The van der Waals surface area contributed by atoms with Crippen molar-refractivity contribution in [2.75, 3.05) is 58.8 Å². The highest BCUT2D eigenvalue weighted by Gasteiger charge is 2.20. The van der Waals surface area contributed by atoms with E-state index in [1.807, 2.05) is 54.3 Å². The number of amides is 1. The minimum absolute atomic E-state index is 0.0576. The van der Waals surface area contributed by atoms with E-state index in [1.54, 1.807) is 13.2 Å². The molecule has 0 bridgehead atoms. The Labute approximate surface area is 265 Å². The lowest BCUT2D eigenvalue weighted by Crippen LogP contribution is -2.40. The Hall–Kier alpha value is -4.22. The monoisotopic (exact) mass is 618 g/mol. The number of aryl methyl sites for hydroxylation is 1. The zero-order valence-corrected chi connectivity index (χ0v) is 27.0. The molecule has 11 heteroatoms. The van der Waals surface area contributed by atoms with Crippen LogP contribution in [0.25, 0.3) is 21.9 Å². The Morgan fingerprint density at radius 2 is 1.80 bits per heavy atom. The molecule has 0 saturated heterocycles. The maximum Gasteiger partial charge on any atom is 0.344 e. The first kappa shape index (κ1) is 33.7. The summed E-state index contributed by atoms with van der Waals surface area (Å²) in [6.07, 6.45) is 2.08. The van der Waals surface area contributed by atoms with Crippen LogP contribution in [0, 0.1) is 0 Å². The average Bonchev–Trinajstić information content (AvgIpc) is 3.43. The van der Waals surface area contributed by atoms with Crippen LogP contribution in [0.5, 0.6) is 5.75 Å². The van der Waals surface area contributed by atoms with Gasteiger partial charge >= 0.3 is 5.97 Å². The fraction of sp³-hybridized carbons (Fsp3) is 0.471. The van der Waals surface area contributed by atoms with E-state index in [-0.39, 0.29) is 12.5 Å². The van der Waals surface area contributed by atoms with Crippen molar-refractivity contribution in [1.29, 1.82) is 0 Å². The van der Waals surface area contributed by atoms with Crippen LogP contribution in [0.2, 0.25) is 0 Å². The van der Waals surface area contributed by atoms with E-state index in [1.165, 1.54) is 0 Å². The van der Waals surface area contributed by atoms with Gasteiger partial charge in [0.05, 0.1) is 30.8 Å². The molecule has 0 unspecified atom stereocenters. The normalized spacial score (nSPS) is 11.4. The molecule has 0 saturated carbocycles. The molecule has 2 heterocycles. The molecule has 0 radical (unpaired) electrons. The van der Waals surface area contributed by atoms with E-state index >= 15 is 0 Å². The Balaban J connectivity index is 1.55. The molecule has 11 nitrogen and oxygen atoms in total. The van der Waals surface area contributed by atoms with Gasteiger partial charge in [0.15, 0.2) is 12.4 Å². The molecule has 4 aromatic rings. The lowest BCUT2D eigenvalue weighted by atomic mass is 10.1. The number of rotatable bonds is 18. The summed E-state index contributed by atoms with van der Waals surface area (Å²) >= 11 is 0. The van der Waals surface area contributed by atoms with Gasteiger partial charge in [0, 0.05) is 38.6 Å². The van der Waals surface area contributed by atoms with E-state index in [9.17, 15) is 9.59 Å². The van der Waals surface area contributed by atoms with Crippen molar-refractivity contribution in [2.24, 2.45) is 0 Å². The molecule has 45 heavy (non-hydrogen) atoms. The first-order valence-electron chi connectivity index (χ1n) is 15.8. The van der Waals surface area contributed by atoms with Gasteiger partial charge in [0.25, 0.3) is 0 Å². The lowest BCUT2D eigenvalue weighted by Gasteiger charge is -2.27. The van der Waals surface area contributed by atoms with E-state index in [0.29, 0.717) is 69.3 Å². The predicted octanol–water partition coefficient (Wildman–Crippen LogP) is 4.45. The lowest BCUT2D eigenvalue weighted by molar-refractivity contribution is -0.146. The third-order valence-corrected chi connectivity index (χ3v) is 7.73. The van der Waals surface area contributed by atoms with Crippen molar-refractivity contribution in [3.63, 3.8) is 0 Å². The second kappa shape index (κ2) is 16.7. The number of fused-ring (bicyclic) bond motifs is 3. The van der Waals surface area contributed by atoms with Crippen LogP contribution in [-0.2, 0) is 38.6 Å². The minimum Gasteiger partial charge on any atom is -0.482 e. The highest BCUT2D eigenvalue weighted by atomic mass is 16.6. The highest BCUT2D eigenvalue weighted by Crippen LogP contribution is 2.29. The number of likely N-dealkylation sites (N-methyl/N-ethyl adjacent to an activating group) is 1. The maximum absolute atomic E-state index is 13.6. The minimum atomic E-state index is -0.402. The standard InChI is InChI=1S/C34H46N6O5/c1-5-19-44-31(42)24-45-26-13-10-12-25(21-26)22-39(30(41)23-38(6-2)7-3)17-11-18-40-29(16-20-43-4)37-32-33(40)27-14-8-9-15-28(27)36-34(32)35/h8-10,12-15,21H,5-7,11,16-20,22-24H2,1-4H3,(H2,35,36). The number of pyridine rings is 1. The summed E-state index contributed by atoms with van der Waals surface area (Å²) < 4.78 is 18.4. The number of carbonyl (C=O) groups is 2. The molecule has 2 aromatic heterocycles. The molecule has 0 aliphatic heterocycles. The van der Waals surface area contributed by atoms with Crippen LogP contribution in [0.1, 0.15) is 45.0 Å². The predicted molar refractivity (Wildman–Crippen MR) is 176 cm³/mol. The smallest absolute Gasteiger partial charge is 0.344 e. The quantitative estimate of drug-likeness (QED) is 0.161. The Morgan fingerprint density at radius 1 is 1.00 bits per heavy atom. The van der Waals surface area contributed by atoms with Crippen molar-refractivity contribution in [1.82, 2.24) is 24.3 Å². The number of para-hydroxylation sites is 1. The summed E-state index contributed by atoms with van der Waals surface area (Å²) in [5, 5.41) is 0.989. The summed E-state index contributed by atoms with van der Waals surface area (Å²) in [5.74, 6) is 1.49. The fourth-order valence-electron chi connectivity index (χ4n) is 5.33. The number of esters is 1. The summed E-state index contributed by atoms with van der Waals surface area (Å²) in [6.45, 7) is 10.3. The van der Waals surface area contributed by atoms with Crippen molar-refractivity contribution >= 4 is 39.6 Å². The summed E-state index contributed by atoms with van der Waals surface area (Å²) in [5.41, 5.74) is 9.74. The number of hydrogen-bond donors (Lipinski definition) is 1. The number of nitrogen functional groups attached to an aromatic ring is 1. The van der Waals surface area contributed by atoms with Crippen molar-refractivity contribution in [2.45, 2.75) is 53.1 Å². The van der Waals surface area contributed by atoms with Crippen molar-refractivity contribution < 1.29 is 23.8 Å². The zero-order chi connectivity index (χ0) is 32.2. The first-order chi connectivity index (χ1) is 21.9. The van der Waals surface area contributed by atoms with Gasteiger partial charge in [-0.15, -0.1) is 0 Å². The van der Waals surface area contributed by atoms with Gasteiger partial charge in [-0.2, -0.15) is 0 Å². The van der Waals surface area contributed by atoms with Gasteiger partial charge in [-0.25, -0.2) is 14.8 Å². The number of imidazole rings is 1. The van der Waals surface area contributed by atoms with E-state index in [4.69, 9.17) is 24.9 Å². The van der Waals surface area contributed by atoms with Gasteiger partial charge < -0.3 is 29.4 Å². The van der Waals surface area contributed by atoms with Gasteiger partial charge in [0.1, 0.15) is 17.1 Å². The molecule has 242 valence electrons. The second-order valence-corrected chi connectivity index (χ2v) is 10.9. The molecule has 2 aromatic carbocycles. The van der Waals surface area contributed by atoms with Crippen LogP contribution in [0.15, 0.2) is 48.5 Å². The third-order valence-electron chi connectivity index (χ3n) is 7.73. The van der Waals surface area contributed by atoms with Gasteiger partial charge in [-0.1, -0.05) is 51.1 Å². The Morgan fingerprint density at radius 3 is 2.56 bits per heavy atom. The number of hydrogen-bond acceptors (Lipinski definition) is 9. The van der Waals surface area contributed by atoms with Crippen LogP contribution in [0.3, 0.4) is 0 Å². The molecule has 2 N–H and O–H groups in total. The molecule has 0 fully saturated rings. The number of nitrogens with two attached hydrogens (primary N) is 1. The molecule has 0 aliphatic carbocycles. The molecular weight excluding hydrogens is 572 g/mol. The topological polar surface area (TPSA) is 125 Å². The van der Waals surface area contributed by atoms with E-state index in [0.717, 1.165) is 47.3 Å². The molecule has 4 rings (SSSR count). The van der Waals surface area contributed by atoms with Crippen LogP contribution in [0.4, 0.5) is 5.82 Å². The molecule has 0 aliphatic rings. The molecule has 1 amide bonds. The number of nitrogens with zero attached hydrogens (tertiary/aromatic N) is 5. The van der Waals surface area contributed by atoms with Gasteiger partial charge in [0.2, 0.25) is 5.91 Å². The Bertz CT molecular complexity index is 1570. The van der Waals surface area contributed by atoms with Crippen LogP contribution < -0.4 is 10.5 Å². The van der Waals surface area contributed by atoms with Gasteiger partial charge in [-0.3, -0.25) is 9.69 Å². The van der Waals surface area contributed by atoms with E-state index < -0.39 is 5.97 Å². The number of aromatic nitrogens is 3. The zero-order valence-electron chi connectivity index (χ0n) is 27.0. The largest absolute Gasteiger partial charge is 0.482 e. The molecule has 0 spiro atoms. The number of anilines is 1. The Kier molecular flexibility index (Phi) is 12.5. The summed E-state index contributed by atoms with van der Waals surface area (Å²) in [6, 6.07) is 15.5. The van der Waals surface area contributed by atoms with Crippen molar-refractivity contribution in [3.8, 4) is 5.75 Å². The summed E-state index contributed by atoms with van der Waals surface area (Å²) in [7, 11) is 1.68. The van der Waals surface area contributed by atoms with Crippen LogP contribution in [-0.4, -0.2) is 89.3 Å². The first-order valence-corrected chi connectivity index (χ1v) is 15.8. The highest BCUT2D eigenvalue weighted by molar-refractivity contribution is 6.06. The molecule has 0 atom stereocenters. The second-order valence-electron chi connectivity index (χ2n) is 10.9. The van der Waals surface area contributed by atoms with Crippen molar-refractivity contribution in [3.05, 3.63) is 59.9 Å².